The normalized spacial score (nSPS) is 21.4. The summed E-state index contributed by atoms with van der Waals surface area (Å²) in [6, 6.07) is 18.2. The average molecular weight is 482 g/mol. The van der Waals surface area contributed by atoms with Crippen molar-refractivity contribution in [1.82, 2.24) is 24.7 Å². The number of rotatable bonds is 7. The van der Waals surface area contributed by atoms with Gasteiger partial charge in [0.2, 0.25) is 0 Å². The summed E-state index contributed by atoms with van der Waals surface area (Å²) in [4.78, 5) is 9.45. The predicted octanol–water partition coefficient (Wildman–Crippen LogP) is 4.22. The first-order valence-electron chi connectivity index (χ1n) is 11.4. The molecule has 6 nitrogen and oxygen atoms in total. The van der Waals surface area contributed by atoms with Crippen LogP contribution in [0.3, 0.4) is 0 Å². The summed E-state index contributed by atoms with van der Waals surface area (Å²) in [7, 11) is 0. The maximum atomic E-state index is 6.31. The SMILES string of the molecule is S=C1N[C@@H](c2ccccn2)[C@@H](c2cccn2-c2cccc(Cl)c2)N1CCCN1CCOCC1. The Morgan fingerprint density at radius 1 is 1.06 bits per heavy atom. The predicted molar refractivity (Wildman–Crippen MR) is 135 cm³/mol. The number of morpholine rings is 1. The van der Waals surface area contributed by atoms with Crippen LogP contribution < -0.4 is 5.32 Å². The number of hydrogen-bond acceptors (Lipinski definition) is 4. The lowest BCUT2D eigenvalue weighted by Crippen LogP contribution is -2.39. The molecule has 1 aromatic carbocycles. The van der Waals surface area contributed by atoms with Gasteiger partial charge in [0.1, 0.15) is 0 Å². The first kappa shape index (κ1) is 22.3. The van der Waals surface area contributed by atoms with E-state index in [1.807, 2.05) is 36.5 Å². The second-order valence-electron chi connectivity index (χ2n) is 8.41. The van der Waals surface area contributed by atoms with Crippen molar-refractivity contribution < 1.29 is 4.74 Å². The number of benzene rings is 1. The van der Waals surface area contributed by atoms with Crippen LogP contribution in [0.1, 0.15) is 29.9 Å². The van der Waals surface area contributed by atoms with Crippen LogP contribution in [0.2, 0.25) is 5.02 Å². The van der Waals surface area contributed by atoms with Crippen LogP contribution in [0.4, 0.5) is 0 Å². The van der Waals surface area contributed by atoms with E-state index in [2.05, 4.69) is 55.1 Å². The van der Waals surface area contributed by atoms with Crippen molar-refractivity contribution in [2.45, 2.75) is 18.5 Å². The van der Waals surface area contributed by atoms with Crippen LogP contribution in [0.5, 0.6) is 0 Å². The Bertz CT molecular complexity index is 1090. The van der Waals surface area contributed by atoms with Gasteiger partial charge in [-0.15, -0.1) is 0 Å². The average Bonchev–Trinajstić information content (AvgIpc) is 3.45. The van der Waals surface area contributed by atoms with Gasteiger partial charge >= 0.3 is 0 Å². The molecule has 1 N–H and O–H groups in total. The number of hydrogen-bond donors (Lipinski definition) is 1. The Balaban J connectivity index is 1.45. The molecule has 0 spiro atoms. The second-order valence-corrected chi connectivity index (χ2v) is 9.23. The van der Waals surface area contributed by atoms with Gasteiger partial charge in [0.25, 0.3) is 0 Å². The maximum absolute atomic E-state index is 6.31. The summed E-state index contributed by atoms with van der Waals surface area (Å²) in [6.07, 6.45) is 4.96. The standard InChI is InChI=1S/C25H28ClN5OS/c26-19-6-3-7-20(18-19)30-12-4-9-22(30)24-23(21-8-1-2-10-27-21)28-25(33)31(24)13-5-11-29-14-16-32-17-15-29/h1-4,6-10,12,18,23-24H,5,11,13-17H2,(H,28,33)/t23-,24+/m0/s1. The number of pyridine rings is 1. The van der Waals surface area contributed by atoms with E-state index in [1.54, 1.807) is 0 Å². The number of halogens is 1. The van der Waals surface area contributed by atoms with Crippen molar-refractivity contribution in [3.63, 3.8) is 0 Å². The van der Waals surface area contributed by atoms with Crippen molar-refractivity contribution in [1.29, 1.82) is 0 Å². The Morgan fingerprint density at radius 2 is 1.94 bits per heavy atom. The maximum Gasteiger partial charge on any atom is 0.170 e. The smallest absolute Gasteiger partial charge is 0.170 e. The summed E-state index contributed by atoms with van der Waals surface area (Å²) in [5, 5.41) is 5.05. The summed E-state index contributed by atoms with van der Waals surface area (Å²) in [6.45, 7) is 5.56. The van der Waals surface area contributed by atoms with Crippen LogP contribution >= 0.6 is 23.8 Å². The topological polar surface area (TPSA) is 45.6 Å². The van der Waals surface area contributed by atoms with E-state index in [4.69, 9.17) is 28.6 Å². The van der Waals surface area contributed by atoms with Crippen LogP contribution in [0.25, 0.3) is 5.69 Å². The molecule has 5 rings (SSSR count). The lowest BCUT2D eigenvalue weighted by molar-refractivity contribution is 0.0365. The van der Waals surface area contributed by atoms with Gasteiger partial charge in [0.05, 0.1) is 31.0 Å². The van der Waals surface area contributed by atoms with Crippen LogP contribution in [-0.2, 0) is 4.74 Å². The first-order valence-corrected chi connectivity index (χ1v) is 12.2. The lowest BCUT2D eigenvalue weighted by Gasteiger charge is -2.31. The molecule has 33 heavy (non-hydrogen) atoms. The van der Waals surface area contributed by atoms with Gasteiger partial charge in [0, 0.05) is 55.0 Å². The summed E-state index contributed by atoms with van der Waals surface area (Å²) < 4.78 is 7.69. The Hall–Kier alpha value is -2.45. The minimum absolute atomic E-state index is 0.0195. The van der Waals surface area contributed by atoms with Crippen LogP contribution in [0.15, 0.2) is 67.0 Å². The van der Waals surface area contributed by atoms with Gasteiger partial charge < -0.3 is 19.5 Å². The van der Waals surface area contributed by atoms with Crippen molar-refractivity contribution in [2.75, 3.05) is 39.4 Å². The first-order chi connectivity index (χ1) is 16.2. The van der Waals surface area contributed by atoms with E-state index in [0.29, 0.717) is 0 Å². The van der Waals surface area contributed by atoms with E-state index in [0.717, 1.165) is 73.0 Å². The van der Waals surface area contributed by atoms with E-state index in [9.17, 15) is 0 Å². The lowest BCUT2D eigenvalue weighted by atomic mass is 10.0. The van der Waals surface area contributed by atoms with E-state index in [-0.39, 0.29) is 12.1 Å². The highest BCUT2D eigenvalue weighted by atomic mass is 35.5. The number of thiocarbonyl (C=S) groups is 1. The second kappa shape index (κ2) is 10.2. The van der Waals surface area contributed by atoms with Gasteiger partial charge in [-0.3, -0.25) is 9.88 Å². The molecule has 0 bridgehead atoms. The highest BCUT2D eigenvalue weighted by Gasteiger charge is 2.41. The van der Waals surface area contributed by atoms with Gasteiger partial charge in [-0.1, -0.05) is 23.7 Å². The molecule has 0 aliphatic carbocycles. The van der Waals surface area contributed by atoms with Crippen molar-refractivity contribution in [3.05, 3.63) is 83.4 Å². The largest absolute Gasteiger partial charge is 0.379 e. The molecule has 0 unspecified atom stereocenters. The zero-order valence-corrected chi connectivity index (χ0v) is 20.0. The highest BCUT2D eigenvalue weighted by molar-refractivity contribution is 7.80. The van der Waals surface area contributed by atoms with Crippen molar-refractivity contribution >= 4 is 28.9 Å². The van der Waals surface area contributed by atoms with Crippen molar-refractivity contribution in [2.24, 2.45) is 0 Å². The molecule has 4 heterocycles. The third kappa shape index (κ3) is 4.92. The molecule has 0 amide bonds. The molecule has 2 aliphatic rings. The van der Waals surface area contributed by atoms with E-state index in [1.165, 1.54) is 0 Å². The van der Waals surface area contributed by atoms with Crippen LogP contribution in [-0.4, -0.2) is 63.9 Å². The molecule has 3 aromatic rings. The molecular weight excluding hydrogens is 454 g/mol. The Kier molecular flexibility index (Phi) is 6.92. The number of nitrogens with one attached hydrogen (secondary N) is 1. The third-order valence-corrected chi connectivity index (χ3v) is 6.93. The van der Waals surface area contributed by atoms with E-state index < -0.39 is 0 Å². The highest BCUT2D eigenvalue weighted by Crippen LogP contribution is 2.39. The minimum Gasteiger partial charge on any atom is -0.379 e. The molecular formula is C25H28ClN5OS. The summed E-state index contributed by atoms with van der Waals surface area (Å²) in [5.74, 6) is 0. The molecule has 0 radical (unpaired) electrons. The molecule has 2 saturated heterocycles. The monoisotopic (exact) mass is 481 g/mol. The van der Waals surface area contributed by atoms with E-state index >= 15 is 0 Å². The Labute approximate surface area is 205 Å². The van der Waals surface area contributed by atoms with Crippen LogP contribution in [0, 0.1) is 0 Å². The molecule has 172 valence electrons. The Morgan fingerprint density at radius 3 is 2.73 bits per heavy atom. The van der Waals surface area contributed by atoms with Gasteiger partial charge in [-0.2, -0.15) is 0 Å². The van der Waals surface area contributed by atoms with Gasteiger partial charge in [-0.25, -0.2) is 0 Å². The van der Waals surface area contributed by atoms with Crippen molar-refractivity contribution in [3.8, 4) is 5.69 Å². The number of ether oxygens (including phenoxy) is 1. The minimum atomic E-state index is -0.0325. The molecule has 8 heteroatoms. The fourth-order valence-electron chi connectivity index (χ4n) is 4.75. The number of nitrogens with zero attached hydrogens (tertiary/aromatic N) is 4. The summed E-state index contributed by atoms with van der Waals surface area (Å²) in [5.41, 5.74) is 3.18. The summed E-state index contributed by atoms with van der Waals surface area (Å²) >= 11 is 12.2. The molecule has 2 aliphatic heterocycles. The molecule has 0 saturated carbocycles. The fourth-order valence-corrected chi connectivity index (χ4v) is 5.27. The fraction of sp³-hybridized carbons (Fsp3) is 0.360. The zero-order valence-electron chi connectivity index (χ0n) is 18.4. The molecule has 2 atom stereocenters. The molecule has 2 aromatic heterocycles. The van der Waals surface area contributed by atoms with Gasteiger partial charge in [0.15, 0.2) is 5.11 Å². The van der Waals surface area contributed by atoms with Gasteiger partial charge in [-0.05, 0) is 61.1 Å². The quantitative estimate of drug-likeness (QED) is 0.510. The third-order valence-electron chi connectivity index (χ3n) is 6.34. The molecule has 2 fully saturated rings. The zero-order chi connectivity index (χ0) is 22.6. The number of aromatic nitrogens is 2.